The molecule has 0 spiro atoms. The van der Waals surface area contributed by atoms with Gasteiger partial charge in [-0.2, -0.15) is 0 Å². The lowest BCUT2D eigenvalue weighted by molar-refractivity contribution is -0.124. The Morgan fingerprint density at radius 3 is 2.62 bits per heavy atom. The standard InChI is InChI=1S/C12H24N2O2/c1-8-9(5-6-16-8)7-14-11(15)10(13)12(2,3)4/h8-10H,5-7,13H2,1-4H3,(H,14,15)/t8?,9?,10-/m0/s1. The van der Waals surface area contributed by atoms with E-state index in [9.17, 15) is 4.79 Å². The molecule has 1 rings (SSSR count). The molecule has 1 saturated heterocycles. The van der Waals surface area contributed by atoms with E-state index in [1.807, 2.05) is 27.7 Å². The Hall–Kier alpha value is -0.610. The molecule has 94 valence electrons. The highest BCUT2D eigenvalue weighted by atomic mass is 16.5. The lowest BCUT2D eigenvalue weighted by Gasteiger charge is -2.26. The second-order valence-electron chi connectivity index (χ2n) is 5.71. The van der Waals surface area contributed by atoms with Crippen LogP contribution in [0.25, 0.3) is 0 Å². The van der Waals surface area contributed by atoms with Gasteiger partial charge in [-0.1, -0.05) is 20.8 Å². The number of hydrogen-bond donors (Lipinski definition) is 2. The average molecular weight is 228 g/mol. The van der Waals surface area contributed by atoms with Gasteiger partial charge in [0.2, 0.25) is 5.91 Å². The Bertz CT molecular complexity index is 248. The normalized spacial score (nSPS) is 27.8. The van der Waals surface area contributed by atoms with E-state index in [-0.39, 0.29) is 17.4 Å². The predicted molar refractivity (Wildman–Crippen MR) is 64.0 cm³/mol. The Morgan fingerprint density at radius 1 is 1.56 bits per heavy atom. The Kier molecular flexibility index (Phi) is 4.33. The summed E-state index contributed by atoms with van der Waals surface area (Å²) < 4.78 is 5.44. The van der Waals surface area contributed by atoms with Crippen LogP contribution in [0.1, 0.15) is 34.1 Å². The van der Waals surface area contributed by atoms with E-state index in [4.69, 9.17) is 10.5 Å². The molecular weight excluding hydrogens is 204 g/mol. The van der Waals surface area contributed by atoms with Gasteiger partial charge >= 0.3 is 0 Å². The number of carbonyl (C=O) groups excluding carboxylic acids is 1. The predicted octanol–water partition coefficient (Wildman–Crippen LogP) is 0.901. The van der Waals surface area contributed by atoms with E-state index in [1.54, 1.807) is 0 Å². The van der Waals surface area contributed by atoms with Crippen molar-refractivity contribution in [1.29, 1.82) is 0 Å². The minimum atomic E-state index is -0.454. The second-order valence-corrected chi connectivity index (χ2v) is 5.71. The smallest absolute Gasteiger partial charge is 0.237 e. The molecule has 1 heterocycles. The van der Waals surface area contributed by atoms with Crippen molar-refractivity contribution >= 4 is 5.91 Å². The summed E-state index contributed by atoms with van der Waals surface area (Å²) in [6.45, 7) is 9.43. The van der Waals surface area contributed by atoms with Crippen LogP contribution in [-0.4, -0.2) is 31.2 Å². The van der Waals surface area contributed by atoms with Crippen LogP contribution in [-0.2, 0) is 9.53 Å². The molecule has 0 saturated carbocycles. The van der Waals surface area contributed by atoms with Gasteiger partial charge in [0.05, 0.1) is 12.1 Å². The van der Waals surface area contributed by atoms with Gasteiger partial charge < -0.3 is 15.8 Å². The molecule has 3 N–H and O–H groups in total. The summed E-state index contributed by atoms with van der Waals surface area (Å²) in [5, 5.41) is 2.92. The second kappa shape index (κ2) is 5.15. The van der Waals surface area contributed by atoms with Crippen LogP contribution in [0.2, 0.25) is 0 Å². The number of rotatable bonds is 3. The summed E-state index contributed by atoms with van der Waals surface area (Å²) in [6.07, 6.45) is 1.26. The molecule has 1 fully saturated rings. The zero-order chi connectivity index (χ0) is 12.3. The number of amides is 1. The van der Waals surface area contributed by atoms with Gasteiger partial charge in [0.25, 0.3) is 0 Å². The van der Waals surface area contributed by atoms with Crippen LogP contribution >= 0.6 is 0 Å². The quantitative estimate of drug-likeness (QED) is 0.754. The van der Waals surface area contributed by atoms with Crippen molar-refractivity contribution in [1.82, 2.24) is 5.32 Å². The fourth-order valence-electron chi connectivity index (χ4n) is 1.78. The van der Waals surface area contributed by atoms with Crippen molar-refractivity contribution in [3.05, 3.63) is 0 Å². The molecule has 4 nitrogen and oxygen atoms in total. The zero-order valence-electron chi connectivity index (χ0n) is 10.7. The highest BCUT2D eigenvalue weighted by molar-refractivity contribution is 5.82. The summed E-state index contributed by atoms with van der Waals surface area (Å²) in [7, 11) is 0. The van der Waals surface area contributed by atoms with Crippen LogP contribution < -0.4 is 11.1 Å². The number of ether oxygens (including phenoxy) is 1. The molecule has 3 atom stereocenters. The van der Waals surface area contributed by atoms with E-state index < -0.39 is 6.04 Å². The molecule has 0 aliphatic carbocycles. The number of nitrogens with two attached hydrogens (primary N) is 1. The van der Waals surface area contributed by atoms with Gasteiger partial charge in [-0.3, -0.25) is 4.79 Å². The molecule has 0 aromatic carbocycles. The third-order valence-corrected chi connectivity index (χ3v) is 3.29. The molecule has 0 radical (unpaired) electrons. The molecule has 4 heteroatoms. The highest BCUT2D eigenvalue weighted by Crippen LogP contribution is 2.20. The molecule has 1 aliphatic rings. The molecule has 0 bridgehead atoms. The lowest BCUT2D eigenvalue weighted by Crippen LogP contribution is -2.49. The zero-order valence-corrected chi connectivity index (χ0v) is 10.7. The molecule has 1 amide bonds. The van der Waals surface area contributed by atoms with Crippen LogP contribution in [0.3, 0.4) is 0 Å². The van der Waals surface area contributed by atoms with E-state index in [1.165, 1.54) is 0 Å². The summed E-state index contributed by atoms with van der Waals surface area (Å²) in [5.74, 6) is 0.364. The SMILES string of the molecule is CC1OCCC1CNC(=O)[C@H](N)C(C)(C)C. The maximum Gasteiger partial charge on any atom is 0.237 e. The van der Waals surface area contributed by atoms with Gasteiger partial charge in [-0.15, -0.1) is 0 Å². The molecule has 0 aromatic rings. The molecule has 2 unspecified atom stereocenters. The molecule has 16 heavy (non-hydrogen) atoms. The monoisotopic (exact) mass is 228 g/mol. The van der Waals surface area contributed by atoms with Crippen LogP contribution in [0.4, 0.5) is 0 Å². The summed E-state index contributed by atoms with van der Waals surface area (Å²) in [6, 6.07) is -0.454. The van der Waals surface area contributed by atoms with E-state index in [2.05, 4.69) is 5.32 Å². The van der Waals surface area contributed by atoms with Crippen molar-refractivity contribution in [2.45, 2.75) is 46.3 Å². The summed E-state index contributed by atoms with van der Waals surface area (Å²) in [5.41, 5.74) is 5.68. The first-order chi connectivity index (χ1) is 7.32. The topological polar surface area (TPSA) is 64.3 Å². The van der Waals surface area contributed by atoms with E-state index in [0.29, 0.717) is 12.5 Å². The van der Waals surface area contributed by atoms with Crippen LogP contribution in [0, 0.1) is 11.3 Å². The van der Waals surface area contributed by atoms with Crippen molar-refractivity contribution < 1.29 is 9.53 Å². The Labute approximate surface area is 97.9 Å². The number of hydrogen-bond acceptors (Lipinski definition) is 3. The first-order valence-electron chi connectivity index (χ1n) is 5.97. The number of nitrogens with one attached hydrogen (secondary N) is 1. The molecular formula is C12H24N2O2. The first kappa shape index (κ1) is 13.5. The number of carbonyl (C=O) groups is 1. The average Bonchev–Trinajstić information content (AvgIpc) is 2.58. The maximum atomic E-state index is 11.8. The van der Waals surface area contributed by atoms with Gasteiger partial charge in [0, 0.05) is 19.1 Å². The van der Waals surface area contributed by atoms with Crippen LogP contribution in [0.5, 0.6) is 0 Å². The van der Waals surface area contributed by atoms with Crippen molar-refractivity contribution in [3.8, 4) is 0 Å². The minimum Gasteiger partial charge on any atom is -0.378 e. The third-order valence-electron chi connectivity index (χ3n) is 3.29. The van der Waals surface area contributed by atoms with Crippen molar-refractivity contribution in [2.75, 3.05) is 13.2 Å². The van der Waals surface area contributed by atoms with Crippen molar-refractivity contribution in [3.63, 3.8) is 0 Å². The largest absolute Gasteiger partial charge is 0.378 e. The first-order valence-corrected chi connectivity index (χ1v) is 5.97. The maximum absolute atomic E-state index is 11.8. The third kappa shape index (κ3) is 3.46. The minimum absolute atomic E-state index is 0.0633. The Balaban J connectivity index is 2.35. The summed E-state index contributed by atoms with van der Waals surface area (Å²) in [4.78, 5) is 11.8. The van der Waals surface area contributed by atoms with Gasteiger partial charge in [-0.05, 0) is 18.8 Å². The molecule has 0 aromatic heterocycles. The Morgan fingerprint density at radius 2 is 2.19 bits per heavy atom. The van der Waals surface area contributed by atoms with Gasteiger partial charge in [0.1, 0.15) is 0 Å². The molecule has 1 aliphatic heterocycles. The van der Waals surface area contributed by atoms with E-state index >= 15 is 0 Å². The van der Waals surface area contributed by atoms with Crippen molar-refractivity contribution in [2.24, 2.45) is 17.1 Å². The fourth-order valence-corrected chi connectivity index (χ4v) is 1.78. The van der Waals surface area contributed by atoms with E-state index in [0.717, 1.165) is 13.0 Å². The van der Waals surface area contributed by atoms with Gasteiger partial charge in [-0.25, -0.2) is 0 Å². The van der Waals surface area contributed by atoms with Gasteiger partial charge in [0.15, 0.2) is 0 Å². The highest BCUT2D eigenvalue weighted by Gasteiger charge is 2.29. The fraction of sp³-hybridized carbons (Fsp3) is 0.917. The summed E-state index contributed by atoms with van der Waals surface area (Å²) >= 11 is 0. The van der Waals surface area contributed by atoms with Crippen LogP contribution in [0.15, 0.2) is 0 Å². The lowest BCUT2D eigenvalue weighted by atomic mass is 9.87.